The Morgan fingerprint density at radius 3 is 2.47 bits per heavy atom. The number of carboxylic acids is 1. The number of nitrogens with zero attached hydrogens (tertiary/aromatic N) is 1. The molecular formula is C12H22N2O3. The van der Waals surface area contributed by atoms with Crippen molar-refractivity contribution in [2.45, 2.75) is 32.6 Å². The number of carbonyl (C=O) groups is 2. The van der Waals surface area contributed by atoms with Crippen LogP contribution in [-0.4, -0.2) is 48.1 Å². The van der Waals surface area contributed by atoms with Crippen LogP contribution in [-0.2, 0) is 9.59 Å². The van der Waals surface area contributed by atoms with Crippen molar-refractivity contribution in [3.63, 3.8) is 0 Å². The van der Waals surface area contributed by atoms with E-state index >= 15 is 0 Å². The molecule has 5 nitrogen and oxygen atoms in total. The van der Waals surface area contributed by atoms with E-state index in [0.717, 1.165) is 25.9 Å². The minimum atomic E-state index is -0.842. The number of hydrogen-bond donors (Lipinski definition) is 2. The standard InChI is InChI=1S/C12H22N2O3/c1-2-10(12(16)17)8-13-11(15)9-14-6-4-3-5-7-14/h10H,2-9H2,1H3,(H,13,15)(H,16,17)/t10-/m0/s1. The quantitative estimate of drug-likeness (QED) is 0.719. The van der Waals surface area contributed by atoms with Gasteiger partial charge in [0.05, 0.1) is 12.5 Å². The lowest BCUT2D eigenvalue weighted by Crippen LogP contribution is -2.42. The summed E-state index contributed by atoms with van der Waals surface area (Å²) >= 11 is 0. The molecule has 1 aliphatic heterocycles. The van der Waals surface area contributed by atoms with Crippen LogP contribution < -0.4 is 5.32 Å². The highest BCUT2D eigenvalue weighted by Crippen LogP contribution is 2.07. The summed E-state index contributed by atoms with van der Waals surface area (Å²) in [4.78, 5) is 24.5. The first-order chi connectivity index (χ1) is 8.13. The summed E-state index contributed by atoms with van der Waals surface area (Å²) in [6, 6.07) is 0. The number of carbonyl (C=O) groups excluding carboxylic acids is 1. The fourth-order valence-corrected chi connectivity index (χ4v) is 2.02. The van der Waals surface area contributed by atoms with E-state index < -0.39 is 11.9 Å². The summed E-state index contributed by atoms with van der Waals surface area (Å²) in [6.45, 7) is 4.40. The molecule has 0 aliphatic carbocycles. The summed E-state index contributed by atoms with van der Waals surface area (Å²) in [5.74, 6) is -1.38. The summed E-state index contributed by atoms with van der Waals surface area (Å²) in [7, 11) is 0. The predicted molar refractivity (Wildman–Crippen MR) is 64.7 cm³/mol. The van der Waals surface area contributed by atoms with Gasteiger partial charge in [0.1, 0.15) is 0 Å². The van der Waals surface area contributed by atoms with Gasteiger partial charge in [0.25, 0.3) is 0 Å². The van der Waals surface area contributed by atoms with Gasteiger partial charge < -0.3 is 10.4 Å². The highest BCUT2D eigenvalue weighted by Gasteiger charge is 2.17. The fraction of sp³-hybridized carbons (Fsp3) is 0.833. The lowest BCUT2D eigenvalue weighted by atomic mass is 10.1. The molecule has 1 heterocycles. The second-order valence-electron chi connectivity index (χ2n) is 4.58. The molecule has 0 unspecified atom stereocenters. The normalized spacial score (nSPS) is 18.6. The number of piperidine rings is 1. The molecule has 1 amide bonds. The van der Waals surface area contributed by atoms with Crippen LogP contribution in [0.3, 0.4) is 0 Å². The molecule has 0 aromatic rings. The summed E-state index contributed by atoms with van der Waals surface area (Å²) in [6.07, 6.45) is 4.09. The largest absolute Gasteiger partial charge is 0.481 e. The number of aliphatic carboxylic acids is 1. The third-order valence-corrected chi connectivity index (χ3v) is 3.20. The number of nitrogens with one attached hydrogen (secondary N) is 1. The van der Waals surface area contributed by atoms with Gasteiger partial charge in [0.2, 0.25) is 5.91 Å². The Balaban J connectivity index is 2.21. The topological polar surface area (TPSA) is 69.6 Å². The van der Waals surface area contributed by atoms with E-state index in [1.807, 2.05) is 6.92 Å². The first kappa shape index (κ1) is 14.0. The lowest BCUT2D eigenvalue weighted by molar-refractivity contribution is -0.141. The minimum absolute atomic E-state index is 0.0633. The van der Waals surface area contributed by atoms with Crippen molar-refractivity contribution in [3.05, 3.63) is 0 Å². The third kappa shape index (κ3) is 5.17. The van der Waals surface area contributed by atoms with Gasteiger partial charge >= 0.3 is 5.97 Å². The molecule has 1 aliphatic rings. The van der Waals surface area contributed by atoms with E-state index in [1.54, 1.807) is 0 Å². The molecule has 0 aromatic heterocycles. The molecule has 1 saturated heterocycles. The van der Waals surface area contributed by atoms with E-state index in [-0.39, 0.29) is 12.5 Å². The average Bonchev–Trinajstić information content (AvgIpc) is 2.30. The van der Waals surface area contributed by atoms with Gasteiger partial charge in [-0.15, -0.1) is 0 Å². The van der Waals surface area contributed by atoms with Crippen LogP contribution >= 0.6 is 0 Å². The van der Waals surface area contributed by atoms with Gasteiger partial charge in [-0.3, -0.25) is 14.5 Å². The minimum Gasteiger partial charge on any atom is -0.481 e. The Hall–Kier alpha value is -1.10. The van der Waals surface area contributed by atoms with Crippen LogP contribution in [0.25, 0.3) is 0 Å². The van der Waals surface area contributed by atoms with E-state index in [9.17, 15) is 9.59 Å². The van der Waals surface area contributed by atoms with Gasteiger partial charge in [-0.2, -0.15) is 0 Å². The maximum absolute atomic E-state index is 11.6. The highest BCUT2D eigenvalue weighted by atomic mass is 16.4. The highest BCUT2D eigenvalue weighted by molar-refractivity contribution is 5.79. The zero-order chi connectivity index (χ0) is 12.7. The van der Waals surface area contributed by atoms with Crippen molar-refractivity contribution >= 4 is 11.9 Å². The molecule has 0 radical (unpaired) electrons. The van der Waals surface area contributed by atoms with E-state index in [1.165, 1.54) is 6.42 Å². The first-order valence-corrected chi connectivity index (χ1v) is 6.35. The van der Waals surface area contributed by atoms with Crippen molar-refractivity contribution < 1.29 is 14.7 Å². The number of hydrogen-bond acceptors (Lipinski definition) is 3. The Kier molecular flexibility index (Phi) is 5.97. The smallest absolute Gasteiger partial charge is 0.308 e. The Morgan fingerprint density at radius 2 is 1.94 bits per heavy atom. The molecule has 1 fully saturated rings. The van der Waals surface area contributed by atoms with Gasteiger partial charge in [0, 0.05) is 6.54 Å². The second-order valence-corrected chi connectivity index (χ2v) is 4.58. The second kappa shape index (κ2) is 7.27. The van der Waals surface area contributed by atoms with Crippen LogP contribution in [0.5, 0.6) is 0 Å². The van der Waals surface area contributed by atoms with Crippen LogP contribution in [0, 0.1) is 5.92 Å². The van der Waals surface area contributed by atoms with Crippen LogP contribution in [0.4, 0.5) is 0 Å². The van der Waals surface area contributed by atoms with Crippen molar-refractivity contribution in [3.8, 4) is 0 Å². The Morgan fingerprint density at radius 1 is 1.29 bits per heavy atom. The number of amides is 1. The summed E-state index contributed by atoms with van der Waals surface area (Å²) in [5.41, 5.74) is 0. The average molecular weight is 242 g/mol. The van der Waals surface area contributed by atoms with Gasteiger partial charge in [-0.25, -0.2) is 0 Å². The van der Waals surface area contributed by atoms with Crippen molar-refractivity contribution in [2.24, 2.45) is 5.92 Å². The van der Waals surface area contributed by atoms with Gasteiger partial charge in [-0.05, 0) is 32.4 Å². The van der Waals surface area contributed by atoms with Crippen molar-refractivity contribution in [1.29, 1.82) is 0 Å². The van der Waals surface area contributed by atoms with E-state index in [2.05, 4.69) is 10.2 Å². The summed E-state index contributed by atoms with van der Waals surface area (Å²) < 4.78 is 0. The number of likely N-dealkylation sites (tertiary alicyclic amines) is 1. The molecule has 17 heavy (non-hydrogen) atoms. The van der Waals surface area contributed by atoms with Crippen LogP contribution in [0.1, 0.15) is 32.6 Å². The molecule has 0 spiro atoms. The Labute approximate surface area is 102 Å². The first-order valence-electron chi connectivity index (χ1n) is 6.35. The zero-order valence-corrected chi connectivity index (χ0v) is 10.4. The molecule has 0 bridgehead atoms. The van der Waals surface area contributed by atoms with Crippen molar-refractivity contribution in [1.82, 2.24) is 10.2 Å². The third-order valence-electron chi connectivity index (χ3n) is 3.20. The fourth-order valence-electron chi connectivity index (χ4n) is 2.02. The molecule has 5 heteroatoms. The Bertz CT molecular complexity index is 262. The lowest BCUT2D eigenvalue weighted by Gasteiger charge is -2.25. The molecule has 98 valence electrons. The van der Waals surface area contributed by atoms with Crippen LogP contribution in [0.15, 0.2) is 0 Å². The molecule has 0 aromatic carbocycles. The van der Waals surface area contributed by atoms with E-state index in [4.69, 9.17) is 5.11 Å². The van der Waals surface area contributed by atoms with E-state index in [0.29, 0.717) is 13.0 Å². The molecule has 1 atom stereocenters. The SMILES string of the molecule is CC[C@@H](CNC(=O)CN1CCCCC1)C(=O)O. The molecule has 1 rings (SSSR count). The predicted octanol–water partition coefficient (Wildman–Crippen LogP) is 0.699. The van der Waals surface area contributed by atoms with Gasteiger partial charge in [-0.1, -0.05) is 13.3 Å². The molecular weight excluding hydrogens is 220 g/mol. The molecule has 0 saturated carbocycles. The number of carboxylic acid groups (broad SMARTS) is 1. The monoisotopic (exact) mass is 242 g/mol. The number of rotatable bonds is 6. The zero-order valence-electron chi connectivity index (χ0n) is 10.4. The molecule has 2 N–H and O–H groups in total. The van der Waals surface area contributed by atoms with Crippen LogP contribution in [0.2, 0.25) is 0 Å². The summed E-state index contributed by atoms with van der Waals surface area (Å²) in [5, 5.41) is 11.5. The van der Waals surface area contributed by atoms with Crippen molar-refractivity contribution in [2.75, 3.05) is 26.2 Å². The maximum atomic E-state index is 11.6. The van der Waals surface area contributed by atoms with Gasteiger partial charge in [0.15, 0.2) is 0 Å². The maximum Gasteiger partial charge on any atom is 0.308 e.